The van der Waals surface area contributed by atoms with Crippen LogP contribution < -0.4 is 15.8 Å². The van der Waals surface area contributed by atoms with Gasteiger partial charge in [-0.2, -0.15) is 0 Å². The molecule has 8 rings (SSSR count). The van der Waals surface area contributed by atoms with Gasteiger partial charge in [-0.3, -0.25) is 9.69 Å². The van der Waals surface area contributed by atoms with Crippen molar-refractivity contribution in [1.82, 2.24) is 10.2 Å². The fourth-order valence-corrected chi connectivity index (χ4v) is 9.17. The fraction of sp³-hybridized carbons (Fsp3) is 0.741. The second-order valence-electron chi connectivity index (χ2n) is 12.1. The maximum absolute atomic E-state index is 12.4. The van der Waals surface area contributed by atoms with E-state index in [1.807, 2.05) is 13.2 Å². The third-order valence-electron chi connectivity index (χ3n) is 10.7. The quantitative estimate of drug-likeness (QED) is 0.593. The number of ether oxygens (including phenoxy) is 2. The Morgan fingerprint density at radius 3 is 2.91 bits per heavy atom. The topological polar surface area (TPSA) is 97.0 Å². The molecular formula is C27H37N3O4. The summed E-state index contributed by atoms with van der Waals surface area (Å²) in [6, 6.07) is 3.91. The summed E-state index contributed by atoms with van der Waals surface area (Å²) in [7, 11) is 1.81. The number of phenols is 1. The van der Waals surface area contributed by atoms with Gasteiger partial charge in [-0.05, 0) is 76.0 Å². The molecule has 1 aromatic carbocycles. The van der Waals surface area contributed by atoms with E-state index in [-0.39, 0.29) is 34.5 Å². The number of amides is 1. The number of nitrogens with zero attached hydrogens (tertiary/aromatic N) is 1. The first kappa shape index (κ1) is 21.5. The van der Waals surface area contributed by atoms with Crippen LogP contribution in [0.5, 0.6) is 11.5 Å². The van der Waals surface area contributed by atoms with Gasteiger partial charge in [-0.1, -0.05) is 6.07 Å². The summed E-state index contributed by atoms with van der Waals surface area (Å²) >= 11 is 0. The first-order chi connectivity index (χ1) is 16.4. The molecule has 7 aliphatic rings. The van der Waals surface area contributed by atoms with Gasteiger partial charge < -0.3 is 25.6 Å². The Labute approximate surface area is 201 Å². The van der Waals surface area contributed by atoms with E-state index in [1.165, 1.54) is 30.5 Å². The molecule has 1 aromatic rings. The molecule has 5 aliphatic carbocycles. The van der Waals surface area contributed by atoms with Gasteiger partial charge >= 0.3 is 0 Å². The molecule has 7 heteroatoms. The minimum atomic E-state index is -0.529. The summed E-state index contributed by atoms with van der Waals surface area (Å²) < 4.78 is 13.3. The van der Waals surface area contributed by atoms with Gasteiger partial charge in [0.25, 0.3) is 0 Å². The summed E-state index contributed by atoms with van der Waals surface area (Å²) in [5.74, 6) is 1.83. The molecular weight excluding hydrogens is 430 g/mol. The smallest absolute Gasteiger partial charge is 0.236 e. The van der Waals surface area contributed by atoms with Crippen molar-refractivity contribution in [2.24, 2.45) is 23.0 Å². The monoisotopic (exact) mass is 467 g/mol. The molecule has 34 heavy (non-hydrogen) atoms. The molecule has 7 nitrogen and oxygen atoms in total. The zero-order valence-corrected chi connectivity index (χ0v) is 20.3. The molecule has 2 heterocycles. The van der Waals surface area contributed by atoms with Crippen LogP contribution in [0.4, 0.5) is 0 Å². The van der Waals surface area contributed by atoms with Gasteiger partial charge in [0, 0.05) is 48.6 Å². The second-order valence-corrected chi connectivity index (χ2v) is 12.1. The van der Waals surface area contributed by atoms with Crippen LogP contribution in [0.1, 0.15) is 56.6 Å². The summed E-state index contributed by atoms with van der Waals surface area (Å²) in [6.45, 7) is 4.57. The Kier molecular flexibility index (Phi) is 4.35. The number of nitrogens with one attached hydrogen (secondary N) is 1. The zero-order valence-electron chi connectivity index (χ0n) is 20.3. The minimum absolute atomic E-state index is 0.0703. The normalized spacial score (nSPS) is 42.1. The Morgan fingerprint density at radius 2 is 2.18 bits per heavy atom. The van der Waals surface area contributed by atoms with Gasteiger partial charge in [-0.25, -0.2) is 0 Å². The van der Waals surface area contributed by atoms with Gasteiger partial charge in [-0.15, -0.1) is 0 Å². The molecule has 2 unspecified atom stereocenters. The van der Waals surface area contributed by atoms with Crippen molar-refractivity contribution in [2.45, 2.75) is 81.1 Å². The van der Waals surface area contributed by atoms with E-state index in [9.17, 15) is 9.90 Å². The van der Waals surface area contributed by atoms with Crippen molar-refractivity contribution >= 4 is 5.91 Å². The molecule has 4 saturated carbocycles. The number of fused-ring (bicyclic) bond motifs is 2. The van der Waals surface area contributed by atoms with E-state index in [0.717, 1.165) is 44.6 Å². The van der Waals surface area contributed by atoms with Gasteiger partial charge in [0.2, 0.25) is 5.91 Å². The van der Waals surface area contributed by atoms with Crippen molar-refractivity contribution < 1.29 is 19.4 Å². The number of hydrogen-bond donors (Lipinski definition) is 3. The van der Waals surface area contributed by atoms with Crippen molar-refractivity contribution in [2.75, 3.05) is 26.7 Å². The lowest BCUT2D eigenvalue weighted by atomic mass is 9.35. The van der Waals surface area contributed by atoms with Crippen molar-refractivity contribution in [3.8, 4) is 11.5 Å². The average molecular weight is 468 g/mol. The van der Waals surface area contributed by atoms with Gasteiger partial charge in [0.15, 0.2) is 11.5 Å². The van der Waals surface area contributed by atoms with Gasteiger partial charge in [0.05, 0.1) is 6.04 Å². The largest absolute Gasteiger partial charge is 0.504 e. The third-order valence-corrected chi connectivity index (χ3v) is 10.7. The predicted molar refractivity (Wildman–Crippen MR) is 127 cm³/mol. The zero-order chi connectivity index (χ0) is 23.5. The maximum atomic E-state index is 12.4. The van der Waals surface area contributed by atoms with Crippen LogP contribution in [-0.2, 0) is 21.4 Å². The molecule has 4 bridgehead atoms. The molecule has 0 radical (unpaired) electrons. The highest BCUT2D eigenvalue weighted by molar-refractivity contribution is 5.81. The lowest BCUT2D eigenvalue weighted by Gasteiger charge is -2.74. The number of nitrogens with two attached hydrogens (primary N) is 1. The fourth-order valence-electron chi connectivity index (χ4n) is 9.17. The van der Waals surface area contributed by atoms with E-state index >= 15 is 0 Å². The average Bonchev–Trinajstić information content (AvgIpc) is 3.57. The van der Waals surface area contributed by atoms with Crippen LogP contribution in [0.25, 0.3) is 0 Å². The highest BCUT2D eigenvalue weighted by Gasteiger charge is 2.80. The maximum Gasteiger partial charge on any atom is 0.236 e. The van der Waals surface area contributed by atoms with Crippen molar-refractivity contribution in [3.63, 3.8) is 0 Å². The first-order valence-electron chi connectivity index (χ1n) is 13.2. The Balaban J connectivity index is 1.37. The van der Waals surface area contributed by atoms with Crippen LogP contribution in [0.3, 0.4) is 0 Å². The van der Waals surface area contributed by atoms with E-state index in [4.69, 9.17) is 15.2 Å². The summed E-state index contributed by atoms with van der Waals surface area (Å²) in [4.78, 5) is 15.2. The number of methoxy groups -OCH3 is 1. The standard InChI is InChI=1S/C27H37N3O4/c1-15(28)23(32)29-13-18-12-25-7-8-27(18,33-2)24-26(25)9-10-30(14-16-3-4-16)20(25)11-17-5-6-19(31)22(34-24)21(17)26/h5-6,15-16,18,20,24,31H,3-4,7-14,28H2,1-2H3,(H,29,32)/t15-,18+,20+,24?,25+,26-,27?/m0/s1. The summed E-state index contributed by atoms with van der Waals surface area (Å²) in [6.07, 6.45) is 7.70. The van der Waals surface area contributed by atoms with Crippen LogP contribution in [0.2, 0.25) is 0 Å². The summed E-state index contributed by atoms with van der Waals surface area (Å²) in [5, 5.41) is 14.0. The minimum Gasteiger partial charge on any atom is -0.504 e. The number of rotatable bonds is 6. The predicted octanol–water partition coefficient (Wildman–Crippen LogP) is 2.08. The van der Waals surface area contributed by atoms with E-state index in [1.54, 1.807) is 6.92 Å². The number of phenolic OH excluding ortho intramolecular Hbond substituents is 1. The first-order valence-corrected chi connectivity index (χ1v) is 13.2. The number of aromatic hydroxyl groups is 1. The van der Waals surface area contributed by atoms with Crippen LogP contribution in [0.15, 0.2) is 12.1 Å². The number of carbonyl (C=O) groups excluding carboxylic acids is 1. The van der Waals surface area contributed by atoms with Crippen molar-refractivity contribution in [3.05, 3.63) is 23.3 Å². The van der Waals surface area contributed by atoms with Gasteiger partial charge in [0.1, 0.15) is 11.7 Å². The molecule has 1 amide bonds. The van der Waals surface area contributed by atoms with Crippen LogP contribution in [0, 0.1) is 17.3 Å². The lowest BCUT2D eigenvalue weighted by Crippen LogP contribution is -2.81. The molecule has 7 atom stereocenters. The van der Waals surface area contributed by atoms with Crippen LogP contribution >= 0.6 is 0 Å². The van der Waals surface area contributed by atoms with E-state index in [2.05, 4.69) is 16.3 Å². The number of hydrogen-bond acceptors (Lipinski definition) is 6. The Morgan fingerprint density at radius 1 is 1.35 bits per heavy atom. The number of carbonyl (C=O) groups is 1. The van der Waals surface area contributed by atoms with Crippen LogP contribution in [-0.4, -0.2) is 66.4 Å². The molecule has 1 saturated heterocycles. The Hall–Kier alpha value is -1.83. The highest BCUT2D eigenvalue weighted by Crippen LogP contribution is 2.76. The third kappa shape index (κ3) is 2.41. The SMILES string of the molecule is COC12CC[C@@]3(C[C@@H]1CNC(=O)[C@H](C)N)[C@H]1Cc4ccc(O)c5c4[C@@]3(CCN1CC1CC1)C2O5. The van der Waals surface area contributed by atoms with E-state index < -0.39 is 11.6 Å². The lowest BCUT2D eigenvalue weighted by molar-refractivity contribution is -0.276. The highest BCUT2D eigenvalue weighted by atomic mass is 16.6. The molecule has 5 fully saturated rings. The number of piperidine rings is 1. The molecule has 4 N–H and O–H groups in total. The molecule has 0 aromatic heterocycles. The Bertz CT molecular complexity index is 1060. The summed E-state index contributed by atoms with van der Waals surface area (Å²) in [5.41, 5.74) is 7.94. The number of benzene rings is 1. The second kappa shape index (κ2) is 6.89. The molecule has 184 valence electrons. The number of likely N-dealkylation sites (tertiary alicyclic amines) is 1. The van der Waals surface area contributed by atoms with Crippen molar-refractivity contribution in [1.29, 1.82) is 0 Å². The van der Waals surface area contributed by atoms with E-state index in [0.29, 0.717) is 18.3 Å². The molecule has 2 spiro atoms. The molecule has 2 aliphatic heterocycles.